The molecule has 1 heterocycles. The van der Waals surface area contributed by atoms with E-state index in [2.05, 4.69) is 6.58 Å². The zero-order valence-corrected chi connectivity index (χ0v) is 10.1. The van der Waals surface area contributed by atoms with E-state index in [1.807, 2.05) is 0 Å². The molecule has 1 N–H and O–H groups in total. The van der Waals surface area contributed by atoms with Crippen LogP contribution in [0.1, 0.15) is 12.8 Å². The van der Waals surface area contributed by atoms with Gasteiger partial charge in [-0.25, -0.2) is 0 Å². The lowest BCUT2D eigenvalue weighted by Gasteiger charge is -2.34. The Morgan fingerprint density at radius 2 is 2.35 bits per heavy atom. The molecule has 1 saturated carbocycles. The summed E-state index contributed by atoms with van der Waals surface area (Å²) >= 11 is 0. The van der Waals surface area contributed by atoms with Crippen molar-refractivity contribution in [1.82, 2.24) is 0 Å². The highest BCUT2D eigenvalue weighted by Gasteiger charge is 2.63. The Labute approximate surface area is 99.3 Å². The number of rotatable bonds is 4. The fourth-order valence-electron chi connectivity index (χ4n) is 2.15. The van der Waals surface area contributed by atoms with Crippen molar-refractivity contribution in [3.63, 3.8) is 0 Å². The molecule has 0 aromatic heterocycles. The number of carbonyl (C=O) groups is 1. The minimum Gasteiger partial charge on any atom is -0.379 e. The molecule has 6 nitrogen and oxygen atoms in total. The quantitative estimate of drug-likeness (QED) is 0.412. The number of carbonyl (C=O) groups excluding carboxylic acids is 1. The summed E-state index contributed by atoms with van der Waals surface area (Å²) < 4.78 is 32.2. The van der Waals surface area contributed by atoms with Crippen LogP contribution in [0.5, 0.6) is 0 Å². The lowest BCUT2D eigenvalue weighted by atomic mass is 9.79. The lowest BCUT2D eigenvalue weighted by molar-refractivity contribution is -0.150. The van der Waals surface area contributed by atoms with Gasteiger partial charge >= 0.3 is 0 Å². The highest BCUT2D eigenvalue weighted by molar-refractivity contribution is 7.86. The van der Waals surface area contributed by atoms with Crippen molar-refractivity contribution < 1.29 is 27.2 Å². The molecule has 0 bridgehead atoms. The van der Waals surface area contributed by atoms with Crippen LogP contribution in [-0.4, -0.2) is 49.5 Å². The summed E-state index contributed by atoms with van der Waals surface area (Å²) in [5.41, 5.74) is -1.86. The molecule has 4 atom stereocenters. The maximum atomic E-state index is 11.8. The van der Waals surface area contributed by atoms with Gasteiger partial charge in [0.25, 0.3) is 10.1 Å². The SMILES string of the molecule is C=CC[C@@]1(O)C(=O)C[C@@H]2O[C@@H]2[C@H]1OS(C)(=O)=O. The van der Waals surface area contributed by atoms with E-state index in [1.54, 1.807) is 0 Å². The van der Waals surface area contributed by atoms with Crippen molar-refractivity contribution in [3.8, 4) is 0 Å². The van der Waals surface area contributed by atoms with E-state index in [-0.39, 0.29) is 18.9 Å². The Bertz CT molecular complexity index is 455. The second-order valence-electron chi connectivity index (χ2n) is 4.40. The molecule has 2 rings (SSSR count). The molecule has 0 amide bonds. The summed E-state index contributed by atoms with van der Waals surface area (Å²) in [5, 5.41) is 10.3. The number of hydrogen-bond acceptors (Lipinski definition) is 6. The largest absolute Gasteiger partial charge is 0.379 e. The Hall–Kier alpha value is -0.760. The molecule has 1 saturated heterocycles. The number of hydrogen-bond donors (Lipinski definition) is 1. The summed E-state index contributed by atoms with van der Waals surface area (Å²) in [7, 11) is -3.77. The van der Waals surface area contributed by atoms with Crippen LogP contribution in [0.2, 0.25) is 0 Å². The van der Waals surface area contributed by atoms with Gasteiger partial charge < -0.3 is 9.84 Å². The molecule has 0 aromatic rings. The number of epoxide rings is 1. The Morgan fingerprint density at radius 3 is 2.88 bits per heavy atom. The highest BCUT2D eigenvalue weighted by Crippen LogP contribution is 2.43. The van der Waals surface area contributed by atoms with Crippen molar-refractivity contribution in [2.24, 2.45) is 0 Å². The van der Waals surface area contributed by atoms with Crippen LogP contribution in [0.3, 0.4) is 0 Å². The maximum absolute atomic E-state index is 11.8. The third-order valence-corrected chi connectivity index (χ3v) is 3.55. The topological polar surface area (TPSA) is 93.2 Å². The van der Waals surface area contributed by atoms with Gasteiger partial charge in [-0.15, -0.1) is 6.58 Å². The molecule has 7 heteroatoms. The molecule has 17 heavy (non-hydrogen) atoms. The highest BCUT2D eigenvalue weighted by atomic mass is 32.2. The van der Waals surface area contributed by atoms with Crippen LogP contribution in [0.4, 0.5) is 0 Å². The van der Waals surface area contributed by atoms with E-state index in [0.717, 1.165) is 6.26 Å². The zero-order valence-electron chi connectivity index (χ0n) is 9.33. The Kier molecular flexibility index (Phi) is 2.89. The number of fused-ring (bicyclic) bond motifs is 1. The number of ketones is 1. The summed E-state index contributed by atoms with van der Waals surface area (Å²) in [6.07, 6.45) is 0.210. The van der Waals surface area contributed by atoms with Gasteiger partial charge in [-0.05, 0) is 0 Å². The fourth-order valence-corrected chi connectivity index (χ4v) is 2.79. The van der Waals surface area contributed by atoms with Crippen molar-refractivity contribution in [2.45, 2.75) is 36.8 Å². The number of ether oxygens (including phenoxy) is 1. The van der Waals surface area contributed by atoms with Crippen LogP contribution < -0.4 is 0 Å². The first-order valence-corrected chi connectivity index (χ1v) is 7.00. The van der Waals surface area contributed by atoms with Crippen molar-refractivity contribution in [2.75, 3.05) is 6.26 Å². The van der Waals surface area contributed by atoms with Gasteiger partial charge in [0.2, 0.25) is 0 Å². The van der Waals surface area contributed by atoms with E-state index in [1.165, 1.54) is 6.08 Å². The van der Waals surface area contributed by atoms with Crippen molar-refractivity contribution in [1.29, 1.82) is 0 Å². The monoisotopic (exact) mass is 262 g/mol. The van der Waals surface area contributed by atoms with Gasteiger partial charge in [-0.3, -0.25) is 8.98 Å². The lowest BCUT2D eigenvalue weighted by Crippen LogP contribution is -2.57. The van der Waals surface area contributed by atoms with E-state index < -0.39 is 33.7 Å². The molecule has 0 unspecified atom stereocenters. The Balaban J connectivity index is 2.30. The minimum atomic E-state index is -3.77. The van der Waals surface area contributed by atoms with E-state index in [0.29, 0.717) is 0 Å². The smallest absolute Gasteiger partial charge is 0.264 e. The van der Waals surface area contributed by atoms with Gasteiger partial charge in [0.1, 0.15) is 12.2 Å². The van der Waals surface area contributed by atoms with Gasteiger partial charge in [0, 0.05) is 12.8 Å². The molecular formula is C10H14O6S. The average Bonchev–Trinajstić information content (AvgIpc) is 2.91. The summed E-state index contributed by atoms with van der Waals surface area (Å²) in [6.45, 7) is 3.45. The molecule has 0 radical (unpaired) electrons. The summed E-state index contributed by atoms with van der Waals surface area (Å²) in [6, 6.07) is 0. The third kappa shape index (κ3) is 2.28. The first-order chi connectivity index (χ1) is 7.78. The molecule has 1 aliphatic carbocycles. The summed E-state index contributed by atoms with van der Waals surface area (Å²) in [5.74, 6) is -0.468. The van der Waals surface area contributed by atoms with Gasteiger partial charge in [0.05, 0.1) is 12.4 Å². The van der Waals surface area contributed by atoms with Crippen LogP contribution in [0, 0.1) is 0 Å². The first kappa shape index (κ1) is 12.7. The maximum Gasteiger partial charge on any atom is 0.264 e. The standard InChI is InChI=1S/C10H14O6S/c1-3-4-10(12)7(11)5-6-8(15-6)9(10)16-17(2,13)14/h3,6,8-9,12H,1,4-5H2,2H3/t6-,8-,9+,10+/m0/s1. The van der Waals surface area contributed by atoms with Crippen molar-refractivity contribution in [3.05, 3.63) is 12.7 Å². The van der Waals surface area contributed by atoms with Gasteiger partial charge in [-0.2, -0.15) is 8.42 Å². The van der Waals surface area contributed by atoms with Crippen LogP contribution >= 0.6 is 0 Å². The van der Waals surface area contributed by atoms with Crippen LogP contribution in [-0.2, 0) is 23.8 Å². The van der Waals surface area contributed by atoms with E-state index >= 15 is 0 Å². The summed E-state index contributed by atoms with van der Waals surface area (Å²) in [4.78, 5) is 11.8. The van der Waals surface area contributed by atoms with Crippen LogP contribution in [0.15, 0.2) is 12.7 Å². The predicted octanol–water partition coefficient (Wildman–Crippen LogP) is -0.621. The van der Waals surface area contributed by atoms with Gasteiger partial charge in [-0.1, -0.05) is 6.08 Å². The normalized spacial score (nSPS) is 40.8. The number of aliphatic hydroxyl groups is 1. The molecule has 2 fully saturated rings. The van der Waals surface area contributed by atoms with E-state index in [4.69, 9.17) is 8.92 Å². The van der Waals surface area contributed by atoms with Gasteiger partial charge in [0.15, 0.2) is 11.4 Å². The predicted molar refractivity (Wildman–Crippen MR) is 57.8 cm³/mol. The van der Waals surface area contributed by atoms with Crippen LogP contribution in [0.25, 0.3) is 0 Å². The molecule has 0 spiro atoms. The third-order valence-electron chi connectivity index (χ3n) is 2.99. The average molecular weight is 262 g/mol. The minimum absolute atomic E-state index is 0.0569. The molecular weight excluding hydrogens is 248 g/mol. The van der Waals surface area contributed by atoms with Crippen molar-refractivity contribution >= 4 is 15.9 Å². The molecule has 1 aliphatic heterocycles. The second-order valence-corrected chi connectivity index (χ2v) is 6.01. The molecule has 2 aliphatic rings. The number of Topliss-reactive ketones (excluding diaryl/α,β-unsaturated/α-hetero) is 1. The molecule has 96 valence electrons. The zero-order chi connectivity index (χ0) is 12.8. The van der Waals surface area contributed by atoms with E-state index in [9.17, 15) is 18.3 Å². The first-order valence-electron chi connectivity index (χ1n) is 5.18. The second kappa shape index (κ2) is 3.88. The Morgan fingerprint density at radius 1 is 1.71 bits per heavy atom. The molecule has 0 aromatic carbocycles. The fraction of sp³-hybridized carbons (Fsp3) is 0.700.